The molecule has 0 amide bonds. The maximum Gasteiger partial charge on any atom is 0.119 e. The Bertz CT molecular complexity index is 460. The Morgan fingerprint density at radius 2 is 1.75 bits per heavy atom. The molecule has 0 atom stereocenters. The molecular weight excluding hydrogens is 196 g/mol. The molecule has 0 spiro atoms. The lowest BCUT2D eigenvalue weighted by Gasteiger charge is -2.10. The topological polar surface area (TPSA) is 9.23 Å². The van der Waals surface area contributed by atoms with Crippen molar-refractivity contribution in [3.63, 3.8) is 0 Å². The molecule has 1 nitrogen and oxygen atoms in total. The third-order valence-corrected chi connectivity index (χ3v) is 2.78. The number of aryl methyl sites for hydroxylation is 1. The lowest BCUT2D eigenvalue weighted by Crippen LogP contribution is -1.90. The van der Waals surface area contributed by atoms with Gasteiger partial charge in [-0.3, -0.25) is 0 Å². The second-order valence-corrected chi connectivity index (χ2v) is 3.74. The highest BCUT2D eigenvalue weighted by atomic mass is 16.5. The van der Waals surface area contributed by atoms with Gasteiger partial charge in [0, 0.05) is 0 Å². The molecule has 0 aromatic heterocycles. The molecular formula is C15H16O. The standard InChI is InChI=1S/C15H16O/c1-3-12-11-14(16-2)9-10-15(12)13-7-5-4-6-8-13/h4-11H,3H2,1-2H3. The first-order valence-electron chi connectivity index (χ1n) is 5.57. The van der Waals surface area contributed by atoms with E-state index in [2.05, 4.69) is 43.3 Å². The Balaban J connectivity index is 2.49. The zero-order chi connectivity index (χ0) is 11.4. The van der Waals surface area contributed by atoms with Crippen molar-refractivity contribution in [3.8, 4) is 16.9 Å². The third kappa shape index (κ3) is 2.08. The summed E-state index contributed by atoms with van der Waals surface area (Å²) < 4.78 is 5.25. The number of benzene rings is 2. The molecule has 0 heterocycles. The predicted molar refractivity (Wildman–Crippen MR) is 67.8 cm³/mol. The zero-order valence-electron chi connectivity index (χ0n) is 9.73. The fraction of sp³-hybridized carbons (Fsp3) is 0.200. The van der Waals surface area contributed by atoms with Gasteiger partial charge >= 0.3 is 0 Å². The fourth-order valence-corrected chi connectivity index (χ4v) is 1.89. The predicted octanol–water partition coefficient (Wildman–Crippen LogP) is 3.92. The summed E-state index contributed by atoms with van der Waals surface area (Å²) in [7, 11) is 1.71. The van der Waals surface area contributed by atoms with Gasteiger partial charge in [0.15, 0.2) is 0 Å². The summed E-state index contributed by atoms with van der Waals surface area (Å²) in [5.41, 5.74) is 3.89. The second-order valence-electron chi connectivity index (χ2n) is 3.74. The molecule has 0 bridgehead atoms. The van der Waals surface area contributed by atoms with Gasteiger partial charge in [-0.25, -0.2) is 0 Å². The maximum atomic E-state index is 5.25. The number of methoxy groups -OCH3 is 1. The molecule has 2 rings (SSSR count). The Hall–Kier alpha value is -1.76. The minimum absolute atomic E-state index is 0.927. The highest BCUT2D eigenvalue weighted by Crippen LogP contribution is 2.27. The highest BCUT2D eigenvalue weighted by molar-refractivity contribution is 5.68. The smallest absolute Gasteiger partial charge is 0.119 e. The third-order valence-electron chi connectivity index (χ3n) is 2.78. The van der Waals surface area contributed by atoms with Crippen LogP contribution in [-0.4, -0.2) is 7.11 Å². The van der Waals surface area contributed by atoms with E-state index >= 15 is 0 Å². The van der Waals surface area contributed by atoms with Crippen LogP contribution < -0.4 is 4.74 Å². The van der Waals surface area contributed by atoms with Gasteiger partial charge in [0.05, 0.1) is 7.11 Å². The molecule has 0 aliphatic rings. The summed E-state index contributed by atoms with van der Waals surface area (Å²) in [6.07, 6.45) is 1.02. The van der Waals surface area contributed by atoms with Crippen molar-refractivity contribution >= 4 is 0 Å². The van der Waals surface area contributed by atoms with E-state index < -0.39 is 0 Å². The van der Waals surface area contributed by atoms with Gasteiger partial charge < -0.3 is 4.74 Å². The van der Waals surface area contributed by atoms with Gasteiger partial charge in [-0.1, -0.05) is 43.3 Å². The Morgan fingerprint density at radius 3 is 2.38 bits per heavy atom. The first-order valence-corrected chi connectivity index (χ1v) is 5.57. The lowest BCUT2D eigenvalue weighted by molar-refractivity contribution is 0.414. The van der Waals surface area contributed by atoms with Crippen LogP contribution >= 0.6 is 0 Å². The Morgan fingerprint density at radius 1 is 1.00 bits per heavy atom. The Kier molecular flexibility index (Phi) is 3.25. The van der Waals surface area contributed by atoms with E-state index in [1.807, 2.05) is 12.1 Å². The van der Waals surface area contributed by atoms with E-state index in [1.54, 1.807) is 7.11 Å². The number of hydrogen-bond donors (Lipinski definition) is 0. The molecule has 0 aliphatic carbocycles. The van der Waals surface area contributed by atoms with E-state index in [9.17, 15) is 0 Å². The van der Waals surface area contributed by atoms with Gasteiger partial charge in [-0.2, -0.15) is 0 Å². The van der Waals surface area contributed by atoms with E-state index in [4.69, 9.17) is 4.74 Å². The molecule has 0 saturated carbocycles. The van der Waals surface area contributed by atoms with Crippen LogP contribution in [0.1, 0.15) is 12.5 Å². The van der Waals surface area contributed by atoms with Gasteiger partial charge in [0.2, 0.25) is 0 Å². The molecule has 82 valence electrons. The van der Waals surface area contributed by atoms with Crippen molar-refractivity contribution in [2.75, 3.05) is 7.11 Å². The van der Waals surface area contributed by atoms with Crippen molar-refractivity contribution in [2.24, 2.45) is 0 Å². The summed E-state index contributed by atoms with van der Waals surface area (Å²) in [5, 5.41) is 0. The highest BCUT2D eigenvalue weighted by Gasteiger charge is 2.04. The van der Waals surface area contributed by atoms with E-state index in [-0.39, 0.29) is 0 Å². The molecule has 0 aliphatic heterocycles. The van der Waals surface area contributed by atoms with Crippen molar-refractivity contribution < 1.29 is 4.74 Å². The molecule has 0 radical (unpaired) electrons. The quantitative estimate of drug-likeness (QED) is 0.749. The fourth-order valence-electron chi connectivity index (χ4n) is 1.89. The molecule has 0 fully saturated rings. The molecule has 2 aromatic carbocycles. The molecule has 0 N–H and O–H groups in total. The summed E-state index contributed by atoms with van der Waals surface area (Å²) in [4.78, 5) is 0. The van der Waals surface area contributed by atoms with Crippen LogP contribution in [0.3, 0.4) is 0 Å². The number of hydrogen-bond acceptors (Lipinski definition) is 1. The van der Waals surface area contributed by atoms with E-state index in [1.165, 1.54) is 16.7 Å². The van der Waals surface area contributed by atoms with Crippen LogP contribution in [0.4, 0.5) is 0 Å². The molecule has 0 saturated heterocycles. The van der Waals surface area contributed by atoms with Gasteiger partial charge in [0.1, 0.15) is 5.75 Å². The van der Waals surface area contributed by atoms with Crippen LogP contribution in [0.25, 0.3) is 11.1 Å². The van der Waals surface area contributed by atoms with Crippen molar-refractivity contribution in [3.05, 3.63) is 54.1 Å². The molecule has 1 heteroatoms. The first kappa shape index (κ1) is 10.7. The minimum Gasteiger partial charge on any atom is -0.497 e. The first-order chi connectivity index (χ1) is 7.85. The van der Waals surface area contributed by atoms with Crippen molar-refractivity contribution in [2.45, 2.75) is 13.3 Å². The van der Waals surface area contributed by atoms with Crippen LogP contribution in [0.5, 0.6) is 5.75 Å². The largest absolute Gasteiger partial charge is 0.497 e. The normalized spacial score (nSPS) is 10.1. The number of ether oxygens (including phenoxy) is 1. The van der Waals surface area contributed by atoms with E-state index in [0.717, 1.165) is 12.2 Å². The lowest BCUT2D eigenvalue weighted by atomic mass is 9.98. The Labute approximate surface area is 96.7 Å². The summed E-state index contributed by atoms with van der Waals surface area (Å²) in [6.45, 7) is 2.17. The van der Waals surface area contributed by atoms with Crippen LogP contribution in [0, 0.1) is 0 Å². The number of rotatable bonds is 3. The summed E-state index contributed by atoms with van der Waals surface area (Å²) in [5.74, 6) is 0.927. The SMILES string of the molecule is CCc1cc(OC)ccc1-c1ccccc1. The average Bonchev–Trinajstić information content (AvgIpc) is 2.39. The average molecular weight is 212 g/mol. The van der Waals surface area contributed by atoms with Crippen LogP contribution in [-0.2, 0) is 6.42 Å². The van der Waals surface area contributed by atoms with Crippen molar-refractivity contribution in [1.82, 2.24) is 0 Å². The van der Waals surface area contributed by atoms with Gasteiger partial charge in [-0.05, 0) is 35.2 Å². The minimum atomic E-state index is 0.927. The van der Waals surface area contributed by atoms with Gasteiger partial charge in [0.25, 0.3) is 0 Å². The second kappa shape index (κ2) is 4.84. The monoisotopic (exact) mass is 212 g/mol. The molecule has 16 heavy (non-hydrogen) atoms. The summed E-state index contributed by atoms with van der Waals surface area (Å²) in [6, 6.07) is 16.7. The summed E-state index contributed by atoms with van der Waals surface area (Å²) >= 11 is 0. The zero-order valence-corrected chi connectivity index (χ0v) is 9.73. The van der Waals surface area contributed by atoms with Crippen LogP contribution in [0.2, 0.25) is 0 Å². The molecule has 2 aromatic rings. The van der Waals surface area contributed by atoms with Gasteiger partial charge in [-0.15, -0.1) is 0 Å². The molecule has 0 unspecified atom stereocenters. The van der Waals surface area contributed by atoms with E-state index in [0.29, 0.717) is 0 Å². The van der Waals surface area contributed by atoms with Crippen LogP contribution in [0.15, 0.2) is 48.5 Å². The maximum absolute atomic E-state index is 5.25. The van der Waals surface area contributed by atoms with Crippen molar-refractivity contribution in [1.29, 1.82) is 0 Å².